The zero-order valence-electron chi connectivity index (χ0n) is 17.8. The molecule has 0 bridgehead atoms. The Balaban J connectivity index is 1.32. The summed E-state index contributed by atoms with van der Waals surface area (Å²) in [5.41, 5.74) is 4.83. The summed E-state index contributed by atoms with van der Waals surface area (Å²) >= 11 is 5.44. The number of thiocarbonyl (C=S) groups is 1. The number of benzene rings is 2. The lowest BCUT2D eigenvalue weighted by Gasteiger charge is -2.33. The van der Waals surface area contributed by atoms with Gasteiger partial charge in [0.1, 0.15) is 5.75 Å². The van der Waals surface area contributed by atoms with Crippen molar-refractivity contribution in [1.82, 2.24) is 5.32 Å². The molecule has 29 heavy (non-hydrogen) atoms. The van der Waals surface area contributed by atoms with E-state index in [2.05, 4.69) is 59.7 Å². The van der Waals surface area contributed by atoms with Gasteiger partial charge in [-0.25, -0.2) is 0 Å². The quantitative estimate of drug-likeness (QED) is 0.480. The Kier molecular flexibility index (Phi) is 7.72. The molecule has 0 atom stereocenters. The minimum atomic E-state index is 0.703. The van der Waals surface area contributed by atoms with Gasteiger partial charge in [-0.05, 0) is 73.6 Å². The predicted molar refractivity (Wildman–Crippen MR) is 126 cm³/mol. The Morgan fingerprint density at radius 1 is 1.07 bits per heavy atom. The average molecular weight is 414 g/mol. The second-order valence-electron chi connectivity index (χ2n) is 7.80. The van der Waals surface area contributed by atoms with Gasteiger partial charge in [-0.15, -0.1) is 0 Å². The molecule has 1 saturated heterocycles. The Hall–Kier alpha value is -2.31. The SMILES string of the molecule is COc1ccc(N2CC[NH+](CCCNC(=S)Nc3cc(C)cc(C)c3)CC2)cc1. The molecule has 2 aromatic carbocycles. The van der Waals surface area contributed by atoms with E-state index in [4.69, 9.17) is 17.0 Å². The molecule has 0 aromatic heterocycles. The van der Waals surface area contributed by atoms with Crippen molar-refractivity contribution < 1.29 is 9.64 Å². The molecule has 3 N–H and O–H groups in total. The van der Waals surface area contributed by atoms with E-state index in [0.717, 1.165) is 37.5 Å². The second kappa shape index (κ2) is 10.5. The van der Waals surface area contributed by atoms with Crippen molar-refractivity contribution >= 4 is 28.7 Å². The van der Waals surface area contributed by atoms with Crippen LogP contribution < -0.4 is 25.2 Å². The van der Waals surface area contributed by atoms with Crippen molar-refractivity contribution in [2.75, 3.05) is 56.6 Å². The fourth-order valence-corrected chi connectivity index (χ4v) is 4.11. The van der Waals surface area contributed by atoms with Gasteiger partial charge in [0.15, 0.2) is 5.11 Å². The van der Waals surface area contributed by atoms with Crippen LogP contribution in [-0.2, 0) is 0 Å². The average Bonchev–Trinajstić information content (AvgIpc) is 2.71. The monoisotopic (exact) mass is 413 g/mol. The number of hydrogen-bond donors (Lipinski definition) is 3. The van der Waals surface area contributed by atoms with E-state index >= 15 is 0 Å². The van der Waals surface area contributed by atoms with E-state index in [1.165, 1.54) is 36.4 Å². The first kappa shape index (κ1) is 21.4. The van der Waals surface area contributed by atoms with Gasteiger partial charge in [0.25, 0.3) is 0 Å². The molecule has 3 rings (SSSR count). The van der Waals surface area contributed by atoms with E-state index in [1.807, 2.05) is 12.1 Å². The zero-order valence-corrected chi connectivity index (χ0v) is 18.6. The Labute approximate surface area is 180 Å². The van der Waals surface area contributed by atoms with E-state index in [-0.39, 0.29) is 0 Å². The molecule has 0 amide bonds. The van der Waals surface area contributed by atoms with Crippen LogP contribution in [0, 0.1) is 13.8 Å². The van der Waals surface area contributed by atoms with Crippen molar-refractivity contribution in [3.8, 4) is 5.75 Å². The number of hydrogen-bond acceptors (Lipinski definition) is 3. The van der Waals surface area contributed by atoms with Gasteiger partial charge >= 0.3 is 0 Å². The first-order chi connectivity index (χ1) is 14.0. The van der Waals surface area contributed by atoms with Crippen molar-refractivity contribution in [2.24, 2.45) is 0 Å². The van der Waals surface area contributed by atoms with Crippen molar-refractivity contribution in [1.29, 1.82) is 0 Å². The highest BCUT2D eigenvalue weighted by molar-refractivity contribution is 7.80. The van der Waals surface area contributed by atoms with E-state index in [0.29, 0.717) is 5.11 Å². The van der Waals surface area contributed by atoms with Gasteiger partial charge in [0.05, 0.1) is 39.8 Å². The normalized spacial score (nSPS) is 14.5. The standard InChI is InChI=1S/C23H32N4OS/c1-18-15-19(2)17-20(16-18)25-23(29)24-9-4-10-26-11-13-27(14-12-26)21-5-7-22(28-3)8-6-21/h5-8,15-17H,4,9-14H2,1-3H3,(H2,24,25,29)/p+1. The highest BCUT2D eigenvalue weighted by Gasteiger charge is 2.19. The largest absolute Gasteiger partial charge is 0.497 e. The van der Waals surface area contributed by atoms with Gasteiger partial charge in [0, 0.05) is 24.3 Å². The van der Waals surface area contributed by atoms with Crippen LogP contribution in [0.2, 0.25) is 0 Å². The number of rotatable bonds is 7. The molecule has 1 fully saturated rings. The number of nitrogens with one attached hydrogen (secondary N) is 3. The summed E-state index contributed by atoms with van der Waals surface area (Å²) in [6.07, 6.45) is 1.12. The van der Waals surface area contributed by atoms with Gasteiger partial charge in [-0.1, -0.05) is 6.07 Å². The topological polar surface area (TPSA) is 41.0 Å². The summed E-state index contributed by atoms with van der Waals surface area (Å²) in [5.74, 6) is 0.912. The number of anilines is 2. The highest BCUT2D eigenvalue weighted by atomic mass is 32.1. The third-order valence-corrected chi connectivity index (χ3v) is 5.63. The Bertz CT molecular complexity index is 781. The third-order valence-electron chi connectivity index (χ3n) is 5.38. The van der Waals surface area contributed by atoms with E-state index < -0.39 is 0 Å². The van der Waals surface area contributed by atoms with Crippen molar-refractivity contribution in [3.05, 3.63) is 53.6 Å². The number of aryl methyl sites for hydroxylation is 2. The lowest BCUT2D eigenvalue weighted by Crippen LogP contribution is -3.15. The number of methoxy groups -OCH3 is 1. The molecule has 5 nitrogen and oxygen atoms in total. The molecule has 1 aliphatic heterocycles. The molecule has 0 spiro atoms. The van der Waals surface area contributed by atoms with Crippen LogP contribution in [0.25, 0.3) is 0 Å². The highest BCUT2D eigenvalue weighted by Crippen LogP contribution is 2.19. The first-order valence-corrected chi connectivity index (χ1v) is 10.8. The molecule has 1 heterocycles. The Morgan fingerprint density at radius 2 is 1.72 bits per heavy atom. The van der Waals surface area contributed by atoms with Crippen molar-refractivity contribution in [2.45, 2.75) is 20.3 Å². The molecule has 1 aliphatic rings. The molecule has 0 saturated carbocycles. The third kappa shape index (κ3) is 6.61. The number of quaternary nitrogens is 1. The molecule has 0 radical (unpaired) electrons. The Morgan fingerprint density at radius 3 is 2.34 bits per heavy atom. The molecule has 0 unspecified atom stereocenters. The second-order valence-corrected chi connectivity index (χ2v) is 8.20. The lowest BCUT2D eigenvalue weighted by atomic mass is 10.1. The zero-order chi connectivity index (χ0) is 20.6. The predicted octanol–water partition coefficient (Wildman–Crippen LogP) is 2.39. The van der Waals surface area contributed by atoms with Crippen LogP contribution >= 0.6 is 12.2 Å². The number of ether oxygens (including phenoxy) is 1. The van der Waals surface area contributed by atoms with Crippen molar-refractivity contribution in [3.63, 3.8) is 0 Å². The van der Waals surface area contributed by atoms with E-state index in [9.17, 15) is 0 Å². The maximum Gasteiger partial charge on any atom is 0.170 e. The van der Waals surface area contributed by atoms with Crippen LogP contribution in [0.1, 0.15) is 17.5 Å². The van der Waals surface area contributed by atoms with Crippen LogP contribution in [0.3, 0.4) is 0 Å². The molecule has 156 valence electrons. The summed E-state index contributed by atoms with van der Waals surface area (Å²) < 4.78 is 5.25. The summed E-state index contributed by atoms with van der Waals surface area (Å²) in [6, 6.07) is 14.8. The van der Waals surface area contributed by atoms with Gasteiger partial charge in [0.2, 0.25) is 0 Å². The summed E-state index contributed by atoms with van der Waals surface area (Å²) in [5, 5.41) is 7.33. The van der Waals surface area contributed by atoms with Crippen LogP contribution in [0.4, 0.5) is 11.4 Å². The van der Waals surface area contributed by atoms with Gasteiger partial charge in [-0.2, -0.15) is 0 Å². The fourth-order valence-electron chi connectivity index (χ4n) is 3.89. The maximum absolute atomic E-state index is 5.44. The summed E-state index contributed by atoms with van der Waals surface area (Å²) in [6.45, 7) is 10.8. The van der Waals surface area contributed by atoms with Crippen LogP contribution in [0.5, 0.6) is 5.75 Å². The molecule has 0 aliphatic carbocycles. The first-order valence-electron chi connectivity index (χ1n) is 10.4. The summed E-state index contributed by atoms with van der Waals surface area (Å²) in [4.78, 5) is 4.13. The smallest absolute Gasteiger partial charge is 0.170 e. The number of piperazine rings is 1. The van der Waals surface area contributed by atoms with Gasteiger partial charge < -0.3 is 25.2 Å². The minimum absolute atomic E-state index is 0.703. The maximum atomic E-state index is 5.44. The summed E-state index contributed by atoms with van der Waals surface area (Å²) in [7, 11) is 1.71. The number of nitrogens with zero attached hydrogens (tertiary/aromatic N) is 1. The fraction of sp³-hybridized carbons (Fsp3) is 0.435. The molecule has 6 heteroatoms. The lowest BCUT2D eigenvalue weighted by molar-refractivity contribution is -0.900. The van der Waals surface area contributed by atoms with E-state index in [1.54, 1.807) is 12.0 Å². The molecular formula is C23H33N4OS+. The molecule has 2 aromatic rings. The van der Waals surface area contributed by atoms with Gasteiger partial charge in [-0.3, -0.25) is 0 Å². The minimum Gasteiger partial charge on any atom is -0.497 e. The molecular weight excluding hydrogens is 380 g/mol. The van der Waals surface area contributed by atoms with Crippen LogP contribution in [0.15, 0.2) is 42.5 Å². The van der Waals surface area contributed by atoms with Crippen LogP contribution in [-0.4, -0.2) is 51.5 Å².